The number of aromatic nitrogens is 1. The molecule has 1 saturated heterocycles. The standard InChI is InChI=1S/C16H28N4/c1-4-20(12-15-5-8-18-9-6-15)16(13-17)7-10-19(3)14(2)11-16/h5-6,8-9,14H,4,7,10-13,17H2,1-3H3. The van der Waals surface area contributed by atoms with E-state index >= 15 is 0 Å². The van der Waals surface area contributed by atoms with E-state index < -0.39 is 0 Å². The Morgan fingerprint density at radius 1 is 1.45 bits per heavy atom. The van der Waals surface area contributed by atoms with Crippen molar-refractivity contribution in [2.24, 2.45) is 5.73 Å². The lowest BCUT2D eigenvalue weighted by Crippen LogP contribution is -2.60. The first kappa shape index (κ1) is 15.4. The van der Waals surface area contributed by atoms with E-state index in [0.29, 0.717) is 6.04 Å². The molecule has 4 nitrogen and oxygen atoms in total. The summed E-state index contributed by atoms with van der Waals surface area (Å²) in [5, 5.41) is 0. The predicted molar refractivity (Wildman–Crippen MR) is 83.4 cm³/mol. The van der Waals surface area contributed by atoms with Crippen LogP contribution in [0.3, 0.4) is 0 Å². The van der Waals surface area contributed by atoms with Gasteiger partial charge in [0.15, 0.2) is 0 Å². The average molecular weight is 276 g/mol. The maximum atomic E-state index is 6.20. The van der Waals surface area contributed by atoms with Crippen LogP contribution < -0.4 is 5.73 Å². The Balaban J connectivity index is 2.15. The Labute approximate surface area is 123 Å². The lowest BCUT2D eigenvalue weighted by molar-refractivity contribution is 0.00817. The van der Waals surface area contributed by atoms with Gasteiger partial charge in [-0.1, -0.05) is 6.92 Å². The van der Waals surface area contributed by atoms with Crippen LogP contribution in [-0.2, 0) is 6.54 Å². The summed E-state index contributed by atoms with van der Waals surface area (Å²) in [5.74, 6) is 0. The van der Waals surface area contributed by atoms with Gasteiger partial charge in [-0.3, -0.25) is 9.88 Å². The molecule has 0 aromatic carbocycles. The van der Waals surface area contributed by atoms with Crippen molar-refractivity contribution in [1.82, 2.24) is 14.8 Å². The summed E-state index contributed by atoms with van der Waals surface area (Å²) >= 11 is 0. The second-order valence-corrected chi connectivity index (χ2v) is 6.08. The first-order valence-electron chi connectivity index (χ1n) is 7.65. The van der Waals surface area contributed by atoms with Gasteiger partial charge in [0.05, 0.1) is 0 Å². The highest BCUT2D eigenvalue weighted by Crippen LogP contribution is 2.32. The van der Waals surface area contributed by atoms with Gasteiger partial charge in [0.25, 0.3) is 0 Å². The maximum Gasteiger partial charge on any atom is 0.0362 e. The normalized spacial score (nSPS) is 27.9. The number of hydrogen-bond acceptors (Lipinski definition) is 4. The molecule has 2 atom stereocenters. The van der Waals surface area contributed by atoms with Crippen LogP contribution >= 0.6 is 0 Å². The average Bonchev–Trinajstić information content (AvgIpc) is 2.49. The number of likely N-dealkylation sites (N-methyl/N-ethyl adjacent to an activating group) is 1. The molecule has 1 fully saturated rings. The fourth-order valence-electron chi connectivity index (χ4n) is 3.34. The molecule has 0 spiro atoms. The molecule has 1 aliphatic heterocycles. The van der Waals surface area contributed by atoms with Gasteiger partial charge in [0.2, 0.25) is 0 Å². The number of rotatable bonds is 5. The van der Waals surface area contributed by atoms with Crippen molar-refractivity contribution >= 4 is 0 Å². The monoisotopic (exact) mass is 276 g/mol. The van der Waals surface area contributed by atoms with Gasteiger partial charge in [-0.2, -0.15) is 0 Å². The molecule has 0 aliphatic carbocycles. The zero-order valence-electron chi connectivity index (χ0n) is 13.0. The van der Waals surface area contributed by atoms with E-state index in [-0.39, 0.29) is 5.54 Å². The number of piperidine rings is 1. The number of nitrogens with zero attached hydrogens (tertiary/aromatic N) is 3. The summed E-state index contributed by atoms with van der Waals surface area (Å²) < 4.78 is 0. The van der Waals surface area contributed by atoms with Crippen molar-refractivity contribution in [2.75, 3.05) is 26.7 Å². The fourth-order valence-corrected chi connectivity index (χ4v) is 3.34. The quantitative estimate of drug-likeness (QED) is 0.889. The van der Waals surface area contributed by atoms with Gasteiger partial charge < -0.3 is 10.6 Å². The molecule has 1 aliphatic rings. The molecule has 0 bridgehead atoms. The molecule has 0 saturated carbocycles. The Hall–Kier alpha value is -0.970. The fraction of sp³-hybridized carbons (Fsp3) is 0.688. The first-order chi connectivity index (χ1) is 9.61. The Morgan fingerprint density at radius 3 is 2.70 bits per heavy atom. The number of pyridine rings is 1. The number of likely N-dealkylation sites (tertiary alicyclic amines) is 1. The summed E-state index contributed by atoms with van der Waals surface area (Å²) in [6.45, 7) is 8.42. The predicted octanol–water partition coefficient (Wildman–Crippen LogP) is 1.72. The second-order valence-electron chi connectivity index (χ2n) is 6.08. The van der Waals surface area contributed by atoms with E-state index in [4.69, 9.17) is 5.73 Å². The Morgan fingerprint density at radius 2 is 2.15 bits per heavy atom. The van der Waals surface area contributed by atoms with Crippen LogP contribution in [-0.4, -0.2) is 53.0 Å². The molecule has 0 radical (unpaired) electrons. The molecule has 2 rings (SSSR count). The largest absolute Gasteiger partial charge is 0.329 e. The molecule has 4 heteroatoms. The molecule has 1 aromatic heterocycles. The highest BCUT2D eigenvalue weighted by atomic mass is 15.2. The van der Waals surface area contributed by atoms with Gasteiger partial charge in [-0.15, -0.1) is 0 Å². The van der Waals surface area contributed by atoms with E-state index in [9.17, 15) is 0 Å². The third kappa shape index (κ3) is 3.19. The van der Waals surface area contributed by atoms with Gasteiger partial charge in [0.1, 0.15) is 0 Å². The zero-order chi connectivity index (χ0) is 14.6. The van der Waals surface area contributed by atoms with Crippen LogP contribution in [0.4, 0.5) is 0 Å². The summed E-state index contributed by atoms with van der Waals surface area (Å²) in [7, 11) is 2.21. The van der Waals surface area contributed by atoms with Crippen molar-refractivity contribution < 1.29 is 0 Å². The molecule has 2 heterocycles. The van der Waals surface area contributed by atoms with E-state index in [1.54, 1.807) is 0 Å². The molecule has 2 N–H and O–H groups in total. The third-order valence-corrected chi connectivity index (χ3v) is 4.91. The van der Waals surface area contributed by atoms with E-state index in [0.717, 1.165) is 39.0 Å². The minimum atomic E-state index is 0.143. The summed E-state index contributed by atoms with van der Waals surface area (Å²) in [4.78, 5) is 9.10. The minimum absolute atomic E-state index is 0.143. The summed E-state index contributed by atoms with van der Waals surface area (Å²) in [6.07, 6.45) is 6.05. The van der Waals surface area contributed by atoms with Crippen LogP contribution in [0.25, 0.3) is 0 Å². The van der Waals surface area contributed by atoms with E-state index in [2.05, 4.69) is 47.8 Å². The van der Waals surface area contributed by atoms with Gasteiger partial charge >= 0.3 is 0 Å². The minimum Gasteiger partial charge on any atom is -0.329 e. The number of hydrogen-bond donors (Lipinski definition) is 1. The molecular weight excluding hydrogens is 248 g/mol. The molecular formula is C16H28N4. The van der Waals surface area contributed by atoms with Crippen LogP contribution in [0.2, 0.25) is 0 Å². The lowest BCUT2D eigenvalue weighted by Gasteiger charge is -2.50. The number of nitrogens with two attached hydrogens (primary N) is 1. The van der Waals surface area contributed by atoms with Crippen LogP contribution in [0.15, 0.2) is 24.5 Å². The molecule has 2 unspecified atom stereocenters. The van der Waals surface area contributed by atoms with Crippen molar-refractivity contribution in [3.63, 3.8) is 0 Å². The van der Waals surface area contributed by atoms with Crippen molar-refractivity contribution in [3.8, 4) is 0 Å². The maximum absolute atomic E-state index is 6.20. The molecule has 112 valence electrons. The van der Waals surface area contributed by atoms with Crippen LogP contribution in [0, 0.1) is 0 Å². The second kappa shape index (κ2) is 6.66. The Bertz CT molecular complexity index is 408. The molecule has 20 heavy (non-hydrogen) atoms. The van der Waals surface area contributed by atoms with E-state index in [1.165, 1.54) is 5.56 Å². The van der Waals surface area contributed by atoms with Crippen LogP contribution in [0.1, 0.15) is 32.3 Å². The molecule has 1 aromatic rings. The van der Waals surface area contributed by atoms with Gasteiger partial charge in [-0.25, -0.2) is 0 Å². The first-order valence-corrected chi connectivity index (χ1v) is 7.65. The van der Waals surface area contributed by atoms with E-state index in [1.807, 2.05) is 12.4 Å². The van der Waals surface area contributed by atoms with Crippen molar-refractivity contribution in [2.45, 2.75) is 44.8 Å². The topological polar surface area (TPSA) is 45.4 Å². The smallest absolute Gasteiger partial charge is 0.0362 e. The molecule has 0 amide bonds. The highest BCUT2D eigenvalue weighted by Gasteiger charge is 2.40. The Kier molecular flexibility index (Phi) is 5.13. The van der Waals surface area contributed by atoms with Gasteiger partial charge in [-0.05, 0) is 57.6 Å². The van der Waals surface area contributed by atoms with Gasteiger partial charge in [0, 0.05) is 37.1 Å². The van der Waals surface area contributed by atoms with Crippen molar-refractivity contribution in [3.05, 3.63) is 30.1 Å². The summed E-state index contributed by atoms with van der Waals surface area (Å²) in [6, 6.07) is 4.80. The summed E-state index contributed by atoms with van der Waals surface area (Å²) in [5.41, 5.74) is 7.67. The SMILES string of the molecule is CCN(Cc1ccncc1)C1(CN)CCN(C)C(C)C1. The van der Waals surface area contributed by atoms with Crippen molar-refractivity contribution in [1.29, 1.82) is 0 Å². The van der Waals surface area contributed by atoms with Crippen LogP contribution in [0.5, 0.6) is 0 Å². The zero-order valence-corrected chi connectivity index (χ0v) is 13.0. The third-order valence-electron chi connectivity index (χ3n) is 4.91. The highest BCUT2D eigenvalue weighted by molar-refractivity contribution is 5.11. The lowest BCUT2D eigenvalue weighted by atomic mass is 9.82.